The summed E-state index contributed by atoms with van der Waals surface area (Å²) in [6.45, 7) is 10.4. The molecule has 1 aromatic heterocycles. The number of aliphatic hydroxyl groups is 1. The second-order valence-electron chi connectivity index (χ2n) is 8.39. The molecule has 1 aliphatic carbocycles. The van der Waals surface area contributed by atoms with Gasteiger partial charge in [-0.25, -0.2) is 0 Å². The molecular weight excluding hydrogens is 304 g/mol. The maximum atomic E-state index is 12.4. The second-order valence-corrected chi connectivity index (χ2v) is 8.39. The highest BCUT2D eigenvalue weighted by Crippen LogP contribution is 2.41. The van der Waals surface area contributed by atoms with E-state index >= 15 is 0 Å². The van der Waals surface area contributed by atoms with E-state index in [4.69, 9.17) is 0 Å². The molecule has 1 aromatic rings. The first-order chi connectivity index (χ1) is 11.0. The first-order valence-electron chi connectivity index (χ1n) is 8.73. The molecule has 0 atom stereocenters. The summed E-state index contributed by atoms with van der Waals surface area (Å²) in [5.74, 6) is 0.177. The lowest BCUT2D eigenvalue weighted by molar-refractivity contribution is -0.0228. The molecule has 2 rings (SSSR count). The highest BCUT2D eigenvalue weighted by molar-refractivity contribution is 5.95. The number of rotatable bonds is 3. The Bertz CT molecular complexity index is 662. The lowest BCUT2D eigenvalue weighted by Crippen LogP contribution is -2.47. The first-order valence-corrected chi connectivity index (χ1v) is 8.73. The molecule has 0 unspecified atom stereocenters. The van der Waals surface area contributed by atoms with Crippen LogP contribution in [0.4, 0.5) is 0 Å². The summed E-state index contributed by atoms with van der Waals surface area (Å²) in [5.41, 5.74) is 0.506. The van der Waals surface area contributed by atoms with Crippen LogP contribution in [0.25, 0.3) is 0 Å². The minimum absolute atomic E-state index is 0.132. The van der Waals surface area contributed by atoms with Crippen molar-refractivity contribution in [3.05, 3.63) is 33.2 Å². The van der Waals surface area contributed by atoms with Crippen LogP contribution < -0.4 is 10.9 Å². The van der Waals surface area contributed by atoms with Crippen molar-refractivity contribution in [3.63, 3.8) is 0 Å². The summed E-state index contributed by atoms with van der Waals surface area (Å²) in [6, 6.07) is 1.78. The molecule has 3 N–H and O–H groups in total. The van der Waals surface area contributed by atoms with Gasteiger partial charge in [0.2, 0.25) is 0 Å². The van der Waals surface area contributed by atoms with Gasteiger partial charge in [-0.15, -0.1) is 0 Å². The Labute approximate surface area is 143 Å². The number of aromatic nitrogens is 1. The molecule has 0 radical (unpaired) electrons. The number of carbonyl (C=O) groups excluding carboxylic acids is 1. The molecule has 1 amide bonds. The molecule has 5 nitrogen and oxygen atoms in total. The van der Waals surface area contributed by atoms with Gasteiger partial charge in [0.1, 0.15) is 5.56 Å². The van der Waals surface area contributed by atoms with E-state index in [-0.39, 0.29) is 23.1 Å². The molecule has 0 spiro atoms. The Morgan fingerprint density at radius 1 is 1.33 bits per heavy atom. The predicted molar refractivity (Wildman–Crippen MR) is 95.2 cm³/mol. The SMILES string of the molecule is Cc1cc(C)c(C(=O)NCC2(O)CCC(C(C)(C)C)CC2)c(=O)[nH]1. The van der Waals surface area contributed by atoms with Crippen LogP contribution in [0.5, 0.6) is 0 Å². The van der Waals surface area contributed by atoms with Crippen LogP contribution in [0.15, 0.2) is 10.9 Å². The van der Waals surface area contributed by atoms with Crippen molar-refractivity contribution in [2.75, 3.05) is 6.54 Å². The van der Waals surface area contributed by atoms with Crippen molar-refractivity contribution < 1.29 is 9.90 Å². The van der Waals surface area contributed by atoms with E-state index in [9.17, 15) is 14.7 Å². The van der Waals surface area contributed by atoms with Crippen molar-refractivity contribution in [2.24, 2.45) is 11.3 Å². The maximum absolute atomic E-state index is 12.4. The Morgan fingerprint density at radius 3 is 2.42 bits per heavy atom. The van der Waals surface area contributed by atoms with Crippen LogP contribution in [-0.4, -0.2) is 28.1 Å². The number of hydrogen-bond acceptors (Lipinski definition) is 3. The summed E-state index contributed by atoms with van der Waals surface area (Å²) < 4.78 is 0. The summed E-state index contributed by atoms with van der Waals surface area (Å²) in [7, 11) is 0. The molecule has 1 fully saturated rings. The topological polar surface area (TPSA) is 82.2 Å². The largest absolute Gasteiger partial charge is 0.388 e. The molecular formula is C19H30N2O3. The fourth-order valence-electron chi connectivity index (χ4n) is 3.67. The molecule has 1 heterocycles. The van der Waals surface area contributed by atoms with E-state index in [2.05, 4.69) is 31.1 Å². The predicted octanol–water partition coefficient (Wildman–Crippen LogP) is 2.69. The standard InChI is InChI=1S/C19H30N2O3/c1-12-10-13(2)21-17(23)15(12)16(22)20-11-19(24)8-6-14(7-9-19)18(3,4)5/h10,14,24H,6-9,11H2,1-5H3,(H,20,22)(H,21,23). The van der Waals surface area contributed by atoms with Crippen molar-refractivity contribution in [2.45, 2.75) is 65.9 Å². The number of aromatic amines is 1. The van der Waals surface area contributed by atoms with E-state index in [0.717, 1.165) is 18.5 Å². The summed E-state index contributed by atoms with van der Waals surface area (Å²) in [6.07, 6.45) is 3.27. The van der Waals surface area contributed by atoms with Gasteiger partial charge in [0.05, 0.1) is 5.60 Å². The summed E-state index contributed by atoms with van der Waals surface area (Å²) in [5, 5.41) is 13.5. The molecule has 1 aliphatic rings. The van der Waals surface area contributed by atoms with E-state index in [1.54, 1.807) is 19.9 Å². The molecule has 134 valence electrons. The van der Waals surface area contributed by atoms with Crippen LogP contribution in [0, 0.1) is 25.2 Å². The fraction of sp³-hybridized carbons (Fsp3) is 0.684. The van der Waals surface area contributed by atoms with Crippen LogP contribution in [0.1, 0.15) is 68.1 Å². The number of pyridine rings is 1. The molecule has 0 saturated heterocycles. The second kappa shape index (κ2) is 6.71. The molecule has 1 saturated carbocycles. The number of hydrogen-bond donors (Lipinski definition) is 3. The van der Waals surface area contributed by atoms with E-state index < -0.39 is 11.5 Å². The maximum Gasteiger partial charge on any atom is 0.261 e. The molecule has 0 bridgehead atoms. The Kier molecular flexibility index (Phi) is 5.23. The minimum Gasteiger partial charge on any atom is -0.388 e. The molecule has 0 aromatic carbocycles. The van der Waals surface area contributed by atoms with Gasteiger partial charge in [-0.1, -0.05) is 20.8 Å². The highest BCUT2D eigenvalue weighted by Gasteiger charge is 2.37. The van der Waals surface area contributed by atoms with Gasteiger partial charge in [-0.2, -0.15) is 0 Å². The third kappa shape index (κ3) is 4.26. The van der Waals surface area contributed by atoms with Gasteiger partial charge in [-0.3, -0.25) is 9.59 Å². The highest BCUT2D eigenvalue weighted by atomic mass is 16.3. The van der Waals surface area contributed by atoms with Crippen LogP contribution >= 0.6 is 0 Å². The van der Waals surface area contributed by atoms with Crippen molar-refractivity contribution in [1.29, 1.82) is 0 Å². The number of nitrogens with one attached hydrogen (secondary N) is 2. The Hall–Kier alpha value is -1.62. The van der Waals surface area contributed by atoms with E-state index in [1.165, 1.54) is 0 Å². The molecule has 5 heteroatoms. The van der Waals surface area contributed by atoms with Crippen LogP contribution in [0.2, 0.25) is 0 Å². The summed E-state index contributed by atoms with van der Waals surface area (Å²) in [4.78, 5) is 27.0. The first kappa shape index (κ1) is 18.7. The van der Waals surface area contributed by atoms with Gasteiger partial charge >= 0.3 is 0 Å². The third-order valence-electron chi connectivity index (χ3n) is 5.31. The van der Waals surface area contributed by atoms with Gasteiger partial charge in [0.25, 0.3) is 11.5 Å². The molecule has 0 aliphatic heterocycles. The lowest BCUT2D eigenvalue weighted by atomic mass is 9.68. The Balaban J connectivity index is 1.99. The average molecular weight is 334 g/mol. The number of aryl methyl sites for hydroxylation is 2. The zero-order valence-electron chi connectivity index (χ0n) is 15.5. The van der Waals surface area contributed by atoms with Gasteiger partial charge < -0.3 is 15.4 Å². The number of amides is 1. The quantitative estimate of drug-likeness (QED) is 0.795. The monoisotopic (exact) mass is 334 g/mol. The van der Waals surface area contributed by atoms with Gasteiger partial charge in [0, 0.05) is 12.2 Å². The Morgan fingerprint density at radius 2 is 1.92 bits per heavy atom. The normalized spacial score (nSPS) is 24.7. The van der Waals surface area contributed by atoms with E-state index in [1.807, 2.05) is 0 Å². The average Bonchev–Trinajstić information content (AvgIpc) is 2.43. The molecule has 24 heavy (non-hydrogen) atoms. The zero-order chi connectivity index (χ0) is 18.1. The summed E-state index contributed by atoms with van der Waals surface area (Å²) >= 11 is 0. The fourth-order valence-corrected chi connectivity index (χ4v) is 3.67. The van der Waals surface area contributed by atoms with E-state index in [0.29, 0.717) is 24.3 Å². The van der Waals surface area contributed by atoms with Crippen molar-refractivity contribution in [1.82, 2.24) is 10.3 Å². The lowest BCUT2D eigenvalue weighted by Gasteiger charge is -2.41. The smallest absolute Gasteiger partial charge is 0.261 e. The third-order valence-corrected chi connectivity index (χ3v) is 5.31. The van der Waals surface area contributed by atoms with Gasteiger partial charge in [-0.05, 0) is 62.5 Å². The number of H-pyrrole nitrogens is 1. The van der Waals surface area contributed by atoms with Crippen molar-refractivity contribution >= 4 is 5.91 Å². The van der Waals surface area contributed by atoms with Crippen LogP contribution in [-0.2, 0) is 0 Å². The zero-order valence-corrected chi connectivity index (χ0v) is 15.5. The van der Waals surface area contributed by atoms with Crippen LogP contribution in [0.3, 0.4) is 0 Å². The van der Waals surface area contributed by atoms with Crippen molar-refractivity contribution in [3.8, 4) is 0 Å². The minimum atomic E-state index is -0.872. The number of carbonyl (C=O) groups is 1. The van der Waals surface area contributed by atoms with Gasteiger partial charge in [0.15, 0.2) is 0 Å².